The maximum Gasteiger partial charge on any atom is 0.306 e. The van der Waals surface area contributed by atoms with Crippen LogP contribution in [0.5, 0.6) is 0 Å². The zero-order valence-electron chi connectivity index (χ0n) is 31.4. The number of unbranched alkanes of at least 4 members (excludes halogenated alkanes) is 31. The summed E-state index contributed by atoms with van der Waals surface area (Å²) in [4.78, 5) is 23.5. The van der Waals surface area contributed by atoms with Gasteiger partial charge in [-0.1, -0.05) is 213 Å². The van der Waals surface area contributed by atoms with Crippen LogP contribution in [0.15, 0.2) is 0 Å². The van der Waals surface area contributed by atoms with Crippen molar-refractivity contribution in [3.8, 4) is 0 Å². The van der Waals surface area contributed by atoms with Crippen LogP contribution in [0.2, 0.25) is 0 Å². The van der Waals surface area contributed by atoms with Crippen LogP contribution in [0, 0.1) is 0 Å². The lowest BCUT2D eigenvalue weighted by atomic mass is 10.0. The van der Waals surface area contributed by atoms with E-state index in [9.17, 15) is 9.59 Å². The van der Waals surface area contributed by atoms with Gasteiger partial charge in [0.05, 0.1) is 0 Å². The highest BCUT2D eigenvalue weighted by atomic mass is 16.5. The molecule has 1 unspecified atom stereocenters. The second-order valence-corrected chi connectivity index (χ2v) is 14.5. The normalized spacial score (nSPS) is 12.0. The zero-order chi connectivity index (χ0) is 33.6. The van der Waals surface area contributed by atoms with Crippen molar-refractivity contribution in [2.75, 3.05) is 0 Å². The standard InChI is InChI=1S/C42H82O4/c1-3-5-7-9-11-13-15-17-18-19-20-21-22-23-24-25-27-29-31-33-35-37-42(45)46-40(38-39-41(43)44)36-34-32-30-28-26-16-14-12-10-8-6-4-2/h40H,3-39H2,1-2H3,(H,43,44). The summed E-state index contributed by atoms with van der Waals surface area (Å²) in [5.41, 5.74) is 0. The number of hydrogen-bond donors (Lipinski definition) is 1. The van der Waals surface area contributed by atoms with Gasteiger partial charge in [-0.05, 0) is 25.7 Å². The quantitative estimate of drug-likeness (QED) is 0.0531. The Morgan fingerprint density at radius 1 is 0.391 bits per heavy atom. The zero-order valence-corrected chi connectivity index (χ0v) is 31.4. The van der Waals surface area contributed by atoms with Gasteiger partial charge in [0.1, 0.15) is 6.10 Å². The first kappa shape index (κ1) is 44.9. The molecule has 0 heterocycles. The molecule has 0 saturated carbocycles. The molecule has 0 aliphatic heterocycles. The predicted octanol–water partition coefficient (Wildman–Crippen LogP) is 14.5. The van der Waals surface area contributed by atoms with Gasteiger partial charge in [0.15, 0.2) is 0 Å². The molecule has 0 bridgehead atoms. The maximum atomic E-state index is 12.4. The number of aliphatic carboxylic acids is 1. The molecule has 0 aromatic rings. The van der Waals surface area contributed by atoms with Gasteiger partial charge in [-0.15, -0.1) is 0 Å². The molecule has 0 aliphatic carbocycles. The molecule has 0 spiro atoms. The average molecular weight is 651 g/mol. The topological polar surface area (TPSA) is 63.6 Å². The van der Waals surface area contributed by atoms with Crippen molar-refractivity contribution < 1.29 is 19.4 Å². The van der Waals surface area contributed by atoms with Gasteiger partial charge >= 0.3 is 11.9 Å². The number of carbonyl (C=O) groups is 2. The van der Waals surface area contributed by atoms with Crippen LogP contribution in [0.4, 0.5) is 0 Å². The first-order valence-corrected chi connectivity index (χ1v) is 21.0. The third kappa shape index (κ3) is 37.4. The summed E-state index contributed by atoms with van der Waals surface area (Å²) in [6.45, 7) is 4.56. The Labute approximate surface area is 288 Å². The molecule has 274 valence electrons. The van der Waals surface area contributed by atoms with Gasteiger partial charge in [0.25, 0.3) is 0 Å². The van der Waals surface area contributed by atoms with Crippen molar-refractivity contribution in [2.45, 2.75) is 258 Å². The van der Waals surface area contributed by atoms with E-state index < -0.39 is 5.97 Å². The number of carbonyl (C=O) groups excluding carboxylic acids is 1. The summed E-state index contributed by atoms with van der Waals surface area (Å²) < 4.78 is 5.74. The summed E-state index contributed by atoms with van der Waals surface area (Å²) in [6.07, 6.45) is 45.6. The smallest absolute Gasteiger partial charge is 0.306 e. The number of esters is 1. The number of carboxylic acids is 1. The molecule has 0 amide bonds. The van der Waals surface area contributed by atoms with Crippen LogP contribution in [0.3, 0.4) is 0 Å². The monoisotopic (exact) mass is 651 g/mol. The van der Waals surface area contributed by atoms with Crippen LogP contribution < -0.4 is 0 Å². The lowest BCUT2D eigenvalue weighted by molar-refractivity contribution is -0.151. The third-order valence-corrected chi connectivity index (χ3v) is 9.84. The minimum absolute atomic E-state index is 0.0789. The molecule has 4 nitrogen and oxygen atoms in total. The minimum atomic E-state index is -0.805. The van der Waals surface area contributed by atoms with E-state index in [-0.39, 0.29) is 18.5 Å². The van der Waals surface area contributed by atoms with Crippen molar-refractivity contribution in [2.24, 2.45) is 0 Å². The molecule has 0 radical (unpaired) electrons. The molecule has 1 N–H and O–H groups in total. The van der Waals surface area contributed by atoms with Crippen molar-refractivity contribution in [3.05, 3.63) is 0 Å². The van der Waals surface area contributed by atoms with Gasteiger partial charge < -0.3 is 9.84 Å². The number of ether oxygens (including phenoxy) is 1. The molecule has 0 aliphatic rings. The molecular weight excluding hydrogens is 568 g/mol. The van der Waals surface area contributed by atoms with Crippen LogP contribution >= 0.6 is 0 Å². The second-order valence-electron chi connectivity index (χ2n) is 14.5. The average Bonchev–Trinajstić information content (AvgIpc) is 3.04. The molecule has 1 atom stereocenters. The van der Waals surface area contributed by atoms with Crippen LogP contribution in [0.25, 0.3) is 0 Å². The Hall–Kier alpha value is -1.06. The molecule has 46 heavy (non-hydrogen) atoms. The Bertz CT molecular complexity index is 619. The van der Waals surface area contributed by atoms with Crippen molar-refractivity contribution in [3.63, 3.8) is 0 Å². The van der Waals surface area contributed by atoms with E-state index in [0.29, 0.717) is 12.8 Å². The fraction of sp³-hybridized carbons (Fsp3) is 0.952. The van der Waals surface area contributed by atoms with Crippen LogP contribution in [-0.4, -0.2) is 23.1 Å². The first-order chi connectivity index (χ1) is 22.6. The molecule has 0 fully saturated rings. The first-order valence-electron chi connectivity index (χ1n) is 21.0. The number of hydrogen-bond acceptors (Lipinski definition) is 3. The van der Waals surface area contributed by atoms with Gasteiger partial charge in [-0.25, -0.2) is 0 Å². The summed E-state index contributed by atoms with van der Waals surface area (Å²) in [5, 5.41) is 9.12. The maximum absolute atomic E-state index is 12.4. The fourth-order valence-corrected chi connectivity index (χ4v) is 6.71. The summed E-state index contributed by atoms with van der Waals surface area (Å²) >= 11 is 0. The van der Waals surface area contributed by atoms with E-state index in [1.165, 1.54) is 186 Å². The fourth-order valence-electron chi connectivity index (χ4n) is 6.71. The van der Waals surface area contributed by atoms with Crippen LogP contribution in [0.1, 0.15) is 251 Å². The third-order valence-electron chi connectivity index (χ3n) is 9.84. The van der Waals surface area contributed by atoms with E-state index in [1.54, 1.807) is 0 Å². The molecular formula is C42H82O4. The van der Waals surface area contributed by atoms with Crippen LogP contribution in [-0.2, 0) is 14.3 Å². The Morgan fingerprint density at radius 2 is 0.674 bits per heavy atom. The van der Waals surface area contributed by atoms with Gasteiger partial charge in [0, 0.05) is 12.8 Å². The molecule has 0 saturated heterocycles. The molecule has 0 rings (SSSR count). The second kappa shape index (κ2) is 38.4. The van der Waals surface area contributed by atoms with E-state index in [2.05, 4.69) is 13.8 Å². The Kier molecular flexibility index (Phi) is 37.5. The summed E-state index contributed by atoms with van der Waals surface area (Å²) in [5.74, 6) is -0.938. The van der Waals surface area contributed by atoms with Gasteiger partial charge in [0.2, 0.25) is 0 Å². The lowest BCUT2D eigenvalue weighted by Crippen LogP contribution is -2.19. The van der Waals surface area contributed by atoms with Crippen molar-refractivity contribution in [1.29, 1.82) is 0 Å². The highest BCUT2D eigenvalue weighted by Crippen LogP contribution is 2.18. The van der Waals surface area contributed by atoms with Crippen molar-refractivity contribution in [1.82, 2.24) is 0 Å². The van der Waals surface area contributed by atoms with Crippen molar-refractivity contribution >= 4 is 11.9 Å². The molecule has 0 aromatic heterocycles. The Morgan fingerprint density at radius 3 is 0.978 bits per heavy atom. The largest absolute Gasteiger partial charge is 0.481 e. The van der Waals surface area contributed by atoms with Gasteiger partial charge in [-0.3, -0.25) is 9.59 Å². The van der Waals surface area contributed by atoms with E-state index in [4.69, 9.17) is 9.84 Å². The predicted molar refractivity (Wildman–Crippen MR) is 200 cm³/mol. The lowest BCUT2D eigenvalue weighted by Gasteiger charge is -2.17. The Balaban J connectivity index is 3.60. The highest BCUT2D eigenvalue weighted by Gasteiger charge is 2.16. The minimum Gasteiger partial charge on any atom is -0.481 e. The SMILES string of the molecule is CCCCCCCCCCCCCCCCCCCCCCCC(=O)OC(CCCCCCCCCCCCCC)CCC(=O)O. The van der Waals surface area contributed by atoms with Gasteiger partial charge in [-0.2, -0.15) is 0 Å². The number of carboxylic acid groups (broad SMARTS) is 1. The number of rotatable bonds is 39. The van der Waals surface area contributed by atoms with E-state index in [0.717, 1.165) is 32.1 Å². The van der Waals surface area contributed by atoms with E-state index in [1.807, 2.05) is 0 Å². The summed E-state index contributed by atoms with van der Waals surface area (Å²) in [6, 6.07) is 0. The summed E-state index contributed by atoms with van der Waals surface area (Å²) in [7, 11) is 0. The molecule has 0 aromatic carbocycles. The molecule has 4 heteroatoms. The highest BCUT2D eigenvalue weighted by molar-refractivity contribution is 5.69. The van der Waals surface area contributed by atoms with E-state index >= 15 is 0 Å².